The highest BCUT2D eigenvalue weighted by Gasteiger charge is 2.27. The first-order chi connectivity index (χ1) is 11.2. The predicted molar refractivity (Wildman–Crippen MR) is 84.6 cm³/mol. The summed E-state index contributed by atoms with van der Waals surface area (Å²) < 4.78 is 21.8. The molecule has 0 aliphatic carbocycles. The van der Waals surface area contributed by atoms with Crippen LogP contribution in [0.3, 0.4) is 0 Å². The van der Waals surface area contributed by atoms with E-state index >= 15 is 0 Å². The average molecular weight is 339 g/mol. The molecule has 1 unspecified atom stereocenters. The van der Waals surface area contributed by atoms with Gasteiger partial charge in [-0.15, -0.1) is 0 Å². The van der Waals surface area contributed by atoms with E-state index in [-0.39, 0.29) is 6.10 Å². The van der Waals surface area contributed by atoms with Gasteiger partial charge < -0.3 is 23.8 Å². The molecule has 6 nitrogen and oxygen atoms in total. The van der Waals surface area contributed by atoms with E-state index in [9.17, 15) is 5.26 Å². The predicted octanol–water partition coefficient (Wildman–Crippen LogP) is 2.11. The second-order valence-electron chi connectivity index (χ2n) is 5.44. The van der Waals surface area contributed by atoms with E-state index in [4.69, 9.17) is 30.5 Å². The van der Waals surface area contributed by atoms with Gasteiger partial charge in [-0.25, -0.2) is 0 Å². The van der Waals surface area contributed by atoms with E-state index in [1.165, 1.54) is 0 Å². The van der Waals surface area contributed by atoms with Crippen LogP contribution in [0.1, 0.15) is 17.4 Å². The van der Waals surface area contributed by atoms with Crippen LogP contribution in [0.25, 0.3) is 0 Å². The van der Waals surface area contributed by atoms with Gasteiger partial charge in [0.2, 0.25) is 0 Å². The van der Waals surface area contributed by atoms with Gasteiger partial charge >= 0.3 is 0 Å². The van der Waals surface area contributed by atoms with Crippen LogP contribution in [0.5, 0.6) is 0 Å². The van der Waals surface area contributed by atoms with Crippen LogP contribution >= 0.6 is 11.6 Å². The monoisotopic (exact) mass is 338 g/mol. The third-order valence-corrected chi connectivity index (χ3v) is 4.38. The molecule has 1 aromatic rings. The second kappa shape index (κ2) is 7.47. The first-order valence-electron chi connectivity index (χ1n) is 7.55. The number of hydrogen-bond donors (Lipinski definition) is 0. The average Bonchev–Trinajstić information content (AvgIpc) is 3.09. The molecule has 1 aromatic carbocycles. The summed E-state index contributed by atoms with van der Waals surface area (Å²) in [5.41, 5.74) is 1.95. The maximum atomic E-state index is 9.57. The van der Waals surface area contributed by atoms with Crippen LogP contribution in [-0.2, 0) is 18.9 Å². The van der Waals surface area contributed by atoms with Gasteiger partial charge in [-0.3, -0.25) is 0 Å². The minimum Gasteiger partial charge on any atom is -0.382 e. The largest absolute Gasteiger partial charge is 0.382 e. The maximum Gasteiger partial charge on any atom is 0.185 e. The zero-order chi connectivity index (χ0) is 16.2. The zero-order valence-electron chi connectivity index (χ0n) is 13.0. The van der Waals surface area contributed by atoms with Gasteiger partial charge in [-0.1, -0.05) is 17.7 Å². The Morgan fingerprint density at radius 2 is 2.09 bits per heavy atom. The number of halogens is 1. The van der Waals surface area contributed by atoms with Crippen LogP contribution in [0.4, 0.5) is 5.69 Å². The van der Waals surface area contributed by atoms with Gasteiger partial charge in [0.15, 0.2) is 6.29 Å². The standard InChI is InChI=1S/C16H19ClN2O4/c1-20-10-11-9-19(4-5-21-11)14-3-2-12(15(17)13(14)8-18)16-22-6-7-23-16/h2-3,11,16H,4-7,9-10H2,1H3. The molecule has 0 aromatic heterocycles. The van der Waals surface area contributed by atoms with Crippen molar-refractivity contribution in [3.05, 3.63) is 28.3 Å². The fourth-order valence-corrected chi connectivity index (χ4v) is 3.19. The van der Waals surface area contributed by atoms with Crippen molar-refractivity contribution < 1.29 is 18.9 Å². The Hall–Kier alpha value is -1.36. The molecule has 0 saturated carbocycles. The van der Waals surface area contributed by atoms with E-state index in [2.05, 4.69) is 11.0 Å². The number of nitrogens with zero attached hydrogens (tertiary/aromatic N) is 2. The first kappa shape index (κ1) is 16.5. The number of methoxy groups -OCH3 is 1. The van der Waals surface area contributed by atoms with Crippen LogP contribution in [0.15, 0.2) is 12.1 Å². The van der Waals surface area contributed by atoms with Gasteiger partial charge in [0.25, 0.3) is 0 Å². The fraction of sp³-hybridized carbons (Fsp3) is 0.562. The van der Waals surface area contributed by atoms with Crippen LogP contribution < -0.4 is 4.90 Å². The summed E-state index contributed by atoms with van der Waals surface area (Å²) in [6.45, 7) is 3.55. The van der Waals surface area contributed by atoms with Gasteiger partial charge in [0.1, 0.15) is 6.07 Å². The summed E-state index contributed by atoms with van der Waals surface area (Å²) in [5, 5.41) is 9.96. The smallest absolute Gasteiger partial charge is 0.185 e. The van der Waals surface area contributed by atoms with E-state index in [0.29, 0.717) is 55.7 Å². The molecule has 2 saturated heterocycles. The van der Waals surface area contributed by atoms with E-state index < -0.39 is 6.29 Å². The lowest BCUT2D eigenvalue weighted by Gasteiger charge is -2.35. The molecule has 3 rings (SSSR count). The Kier molecular flexibility index (Phi) is 5.36. The fourth-order valence-electron chi connectivity index (χ4n) is 2.90. The van der Waals surface area contributed by atoms with Crippen molar-refractivity contribution in [3.63, 3.8) is 0 Å². The van der Waals surface area contributed by atoms with Crippen LogP contribution in [-0.4, -0.2) is 52.7 Å². The molecular formula is C16H19ClN2O4. The van der Waals surface area contributed by atoms with Gasteiger partial charge in [0.05, 0.1) is 48.8 Å². The molecule has 23 heavy (non-hydrogen) atoms. The van der Waals surface area contributed by atoms with Crippen molar-refractivity contribution in [2.45, 2.75) is 12.4 Å². The van der Waals surface area contributed by atoms with Crippen LogP contribution in [0, 0.1) is 11.3 Å². The first-order valence-corrected chi connectivity index (χ1v) is 7.93. The molecule has 2 aliphatic heterocycles. The SMILES string of the molecule is COCC1CN(c2ccc(C3OCCO3)c(Cl)c2C#N)CCO1. The molecule has 0 N–H and O–H groups in total. The van der Waals surface area contributed by atoms with Gasteiger partial charge in [0, 0.05) is 25.8 Å². The topological polar surface area (TPSA) is 64.0 Å². The van der Waals surface area contributed by atoms with E-state index in [1.54, 1.807) is 7.11 Å². The third kappa shape index (κ3) is 3.44. The van der Waals surface area contributed by atoms with Crippen molar-refractivity contribution in [3.8, 4) is 6.07 Å². The summed E-state index contributed by atoms with van der Waals surface area (Å²) in [4.78, 5) is 2.11. The second-order valence-corrected chi connectivity index (χ2v) is 5.82. The van der Waals surface area contributed by atoms with E-state index in [1.807, 2.05) is 12.1 Å². The minimum atomic E-state index is -0.491. The summed E-state index contributed by atoms with van der Waals surface area (Å²) in [7, 11) is 1.65. The Labute approximate surface area is 140 Å². The molecule has 0 amide bonds. The van der Waals surface area contributed by atoms with Crippen molar-refractivity contribution in [1.82, 2.24) is 0 Å². The summed E-state index contributed by atoms with van der Waals surface area (Å²) >= 11 is 6.45. The third-order valence-electron chi connectivity index (χ3n) is 3.97. The molecule has 1 atom stereocenters. The van der Waals surface area contributed by atoms with Crippen molar-refractivity contribution in [1.29, 1.82) is 5.26 Å². The lowest BCUT2D eigenvalue weighted by molar-refractivity contribution is -0.0440. The number of nitriles is 1. The maximum absolute atomic E-state index is 9.57. The highest BCUT2D eigenvalue weighted by Crippen LogP contribution is 2.36. The molecule has 0 spiro atoms. The molecule has 2 heterocycles. The number of morpholine rings is 1. The Morgan fingerprint density at radius 3 is 2.78 bits per heavy atom. The Morgan fingerprint density at radius 1 is 1.30 bits per heavy atom. The quantitative estimate of drug-likeness (QED) is 0.837. The lowest BCUT2D eigenvalue weighted by Crippen LogP contribution is -2.44. The minimum absolute atomic E-state index is 0.0137. The number of ether oxygens (including phenoxy) is 4. The number of anilines is 1. The highest BCUT2D eigenvalue weighted by molar-refractivity contribution is 6.33. The molecule has 7 heteroatoms. The van der Waals surface area contributed by atoms with Gasteiger partial charge in [-0.2, -0.15) is 5.26 Å². The molecular weight excluding hydrogens is 320 g/mol. The zero-order valence-corrected chi connectivity index (χ0v) is 13.7. The lowest BCUT2D eigenvalue weighted by atomic mass is 10.1. The number of rotatable bonds is 4. The van der Waals surface area contributed by atoms with Gasteiger partial charge in [-0.05, 0) is 6.07 Å². The van der Waals surface area contributed by atoms with Crippen molar-refractivity contribution in [2.24, 2.45) is 0 Å². The van der Waals surface area contributed by atoms with Crippen molar-refractivity contribution in [2.75, 3.05) is 51.5 Å². The number of hydrogen-bond acceptors (Lipinski definition) is 6. The molecule has 2 aliphatic rings. The Balaban J connectivity index is 1.87. The summed E-state index contributed by atoms with van der Waals surface area (Å²) in [5.74, 6) is 0. The molecule has 124 valence electrons. The Bertz CT molecular complexity index is 596. The molecule has 0 bridgehead atoms. The summed E-state index contributed by atoms with van der Waals surface area (Å²) in [6, 6.07) is 5.99. The highest BCUT2D eigenvalue weighted by atomic mass is 35.5. The summed E-state index contributed by atoms with van der Waals surface area (Å²) in [6.07, 6.45) is -0.505. The van der Waals surface area contributed by atoms with E-state index in [0.717, 1.165) is 5.69 Å². The molecule has 0 radical (unpaired) electrons. The van der Waals surface area contributed by atoms with Crippen molar-refractivity contribution >= 4 is 17.3 Å². The number of benzene rings is 1. The normalized spacial score (nSPS) is 22.3. The van der Waals surface area contributed by atoms with Crippen LogP contribution in [0.2, 0.25) is 5.02 Å². The molecule has 2 fully saturated rings.